The van der Waals surface area contributed by atoms with Gasteiger partial charge < -0.3 is 10.2 Å². The van der Waals surface area contributed by atoms with E-state index in [1.807, 2.05) is 30.0 Å². The van der Waals surface area contributed by atoms with Crippen molar-refractivity contribution in [2.45, 2.75) is 45.6 Å². The molecule has 1 N–H and O–H groups in total. The van der Waals surface area contributed by atoms with E-state index in [0.29, 0.717) is 17.9 Å². The number of carbonyl (C=O) groups excluding carboxylic acids is 2. The van der Waals surface area contributed by atoms with Crippen LogP contribution in [0.4, 0.5) is 0 Å². The summed E-state index contributed by atoms with van der Waals surface area (Å²) in [6, 6.07) is 8.95. The minimum Gasteiger partial charge on any atom is -0.349 e. The number of benzene rings is 1. The zero-order valence-corrected chi connectivity index (χ0v) is 13.5. The van der Waals surface area contributed by atoms with Crippen molar-refractivity contribution in [2.75, 3.05) is 13.1 Å². The van der Waals surface area contributed by atoms with Gasteiger partial charge in [-0.15, -0.1) is 0 Å². The monoisotopic (exact) mass is 302 g/mol. The third kappa shape index (κ3) is 5.17. The fourth-order valence-electron chi connectivity index (χ4n) is 2.54. The van der Waals surface area contributed by atoms with Crippen molar-refractivity contribution in [1.29, 1.82) is 0 Å². The first kappa shape index (κ1) is 16.5. The number of hydrogen-bond acceptors (Lipinski definition) is 2. The largest absolute Gasteiger partial charge is 0.349 e. The molecule has 0 aliphatic heterocycles. The van der Waals surface area contributed by atoms with Crippen LogP contribution in [0.5, 0.6) is 0 Å². The second-order valence-corrected chi connectivity index (χ2v) is 6.23. The molecule has 2 rings (SSSR count). The minimum atomic E-state index is -0.154. The van der Waals surface area contributed by atoms with Gasteiger partial charge in [0.05, 0.1) is 0 Å². The van der Waals surface area contributed by atoms with Gasteiger partial charge in [-0.25, -0.2) is 0 Å². The first-order valence-electron chi connectivity index (χ1n) is 8.23. The Kier molecular flexibility index (Phi) is 5.99. The fourth-order valence-corrected chi connectivity index (χ4v) is 2.54. The van der Waals surface area contributed by atoms with Crippen LogP contribution in [0.25, 0.3) is 0 Å². The number of carbonyl (C=O) groups is 2. The molecule has 1 aromatic rings. The predicted molar refractivity (Wildman–Crippen MR) is 87.6 cm³/mol. The van der Waals surface area contributed by atoms with E-state index in [4.69, 9.17) is 0 Å². The number of amides is 2. The summed E-state index contributed by atoms with van der Waals surface area (Å²) in [4.78, 5) is 26.4. The van der Waals surface area contributed by atoms with Gasteiger partial charge in [0, 0.05) is 31.1 Å². The lowest BCUT2D eigenvalue weighted by molar-refractivity contribution is -0.131. The molecule has 1 unspecified atom stereocenters. The second kappa shape index (κ2) is 7.97. The summed E-state index contributed by atoms with van der Waals surface area (Å²) in [7, 11) is 0. The average molecular weight is 302 g/mol. The third-order valence-corrected chi connectivity index (χ3v) is 3.92. The summed E-state index contributed by atoms with van der Waals surface area (Å²) in [5.41, 5.74) is 0.630. The minimum absolute atomic E-state index is 0.120. The number of rotatable bonds is 8. The van der Waals surface area contributed by atoms with Gasteiger partial charge in [-0.2, -0.15) is 0 Å². The van der Waals surface area contributed by atoms with E-state index in [-0.39, 0.29) is 17.9 Å². The standard InChI is InChI=1S/C18H26N2O2/c1-3-11-20(13-15-9-10-15)17(21)12-14(2)19-18(22)16-7-5-4-6-8-16/h4-8,14-15H,3,9-13H2,1-2H3,(H,19,22). The summed E-state index contributed by atoms with van der Waals surface area (Å²) in [6.45, 7) is 5.68. The molecule has 0 bridgehead atoms. The SMILES string of the molecule is CCCN(CC1CC1)C(=O)CC(C)NC(=O)c1ccccc1. The van der Waals surface area contributed by atoms with Crippen LogP contribution in [0, 0.1) is 5.92 Å². The van der Waals surface area contributed by atoms with Crippen molar-refractivity contribution in [3.05, 3.63) is 35.9 Å². The molecule has 0 aromatic heterocycles. The number of nitrogens with one attached hydrogen (secondary N) is 1. The molecule has 22 heavy (non-hydrogen) atoms. The molecule has 1 atom stereocenters. The molecule has 1 aliphatic carbocycles. The highest BCUT2D eigenvalue weighted by Gasteiger charge is 2.27. The molecule has 1 saturated carbocycles. The van der Waals surface area contributed by atoms with Crippen molar-refractivity contribution in [1.82, 2.24) is 10.2 Å². The summed E-state index contributed by atoms with van der Waals surface area (Å²) < 4.78 is 0. The molecule has 0 spiro atoms. The van der Waals surface area contributed by atoms with E-state index >= 15 is 0 Å². The van der Waals surface area contributed by atoms with Crippen molar-refractivity contribution < 1.29 is 9.59 Å². The van der Waals surface area contributed by atoms with Gasteiger partial charge in [0.2, 0.25) is 5.91 Å². The zero-order chi connectivity index (χ0) is 15.9. The molecule has 2 amide bonds. The van der Waals surface area contributed by atoms with Gasteiger partial charge in [-0.1, -0.05) is 25.1 Å². The smallest absolute Gasteiger partial charge is 0.251 e. The van der Waals surface area contributed by atoms with E-state index in [2.05, 4.69) is 12.2 Å². The Balaban J connectivity index is 1.82. The van der Waals surface area contributed by atoms with Gasteiger partial charge in [0.25, 0.3) is 5.91 Å². The van der Waals surface area contributed by atoms with E-state index < -0.39 is 0 Å². The highest BCUT2D eigenvalue weighted by atomic mass is 16.2. The Morgan fingerprint density at radius 3 is 2.55 bits per heavy atom. The molecule has 1 aliphatic rings. The second-order valence-electron chi connectivity index (χ2n) is 6.23. The van der Waals surface area contributed by atoms with Crippen LogP contribution >= 0.6 is 0 Å². The Bertz CT molecular complexity index is 497. The van der Waals surface area contributed by atoms with E-state index in [9.17, 15) is 9.59 Å². The molecular weight excluding hydrogens is 276 g/mol. The lowest BCUT2D eigenvalue weighted by Crippen LogP contribution is -2.40. The number of nitrogens with zero attached hydrogens (tertiary/aromatic N) is 1. The van der Waals surface area contributed by atoms with Gasteiger partial charge in [-0.05, 0) is 44.2 Å². The summed E-state index contributed by atoms with van der Waals surface area (Å²) >= 11 is 0. The summed E-state index contributed by atoms with van der Waals surface area (Å²) in [5.74, 6) is 0.726. The maximum atomic E-state index is 12.4. The topological polar surface area (TPSA) is 49.4 Å². The maximum absolute atomic E-state index is 12.4. The summed E-state index contributed by atoms with van der Waals surface area (Å²) in [5, 5.41) is 2.91. The lowest BCUT2D eigenvalue weighted by atomic mass is 10.1. The molecule has 0 heterocycles. The average Bonchev–Trinajstić information content (AvgIpc) is 3.31. The molecule has 0 saturated heterocycles. The van der Waals surface area contributed by atoms with E-state index in [1.54, 1.807) is 12.1 Å². The Labute approximate surface area is 132 Å². The lowest BCUT2D eigenvalue weighted by Gasteiger charge is -2.24. The van der Waals surface area contributed by atoms with Crippen molar-refractivity contribution in [3.8, 4) is 0 Å². The highest BCUT2D eigenvalue weighted by molar-refractivity contribution is 5.94. The third-order valence-electron chi connectivity index (χ3n) is 3.92. The van der Waals surface area contributed by atoms with Crippen molar-refractivity contribution in [3.63, 3.8) is 0 Å². The zero-order valence-electron chi connectivity index (χ0n) is 13.5. The molecule has 0 radical (unpaired) electrons. The van der Waals surface area contributed by atoms with Gasteiger partial charge in [0.15, 0.2) is 0 Å². The Morgan fingerprint density at radius 2 is 1.95 bits per heavy atom. The van der Waals surface area contributed by atoms with Crippen molar-refractivity contribution >= 4 is 11.8 Å². The molecular formula is C18H26N2O2. The molecule has 4 heteroatoms. The van der Waals surface area contributed by atoms with Crippen LogP contribution in [0.3, 0.4) is 0 Å². The van der Waals surface area contributed by atoms with E-state index in [0.717, 1.165) is 19.5 Å². The van der Waals surface area contributed by atoms with Crippen LogP contribution in [-0.2, 0) is 4.79 Å². The molecule has 1 aromatic carbocycles. The quantitative estimate of drug-likeness (QED) is 0.803. The Morgan fingerprint density at radius 1 is 1.27 bits per heavy atom. The van der Waals surface area contributed by atoms with Crippen LogP contribution in [0.1, 0.15) is 49.9 Å². The first-order chi connectivity index (χ1) is 10.6. The van der Waals surface area contributed by atoms with E-state index in [1.165, 1.54) is 12.8 Å². The predicted octanol–water partition coefficient (Wildman–Crippen LogP) is 2.84. The molecule has 120 valence electrons. The van der Waals surface area contributed by atoms with Crippen LogP contribution in [0.15, 0.2) is 30.3 Å². The molecule has 4 nitrogen and oxygen atoms in total. The van der Waals surface area contributed by atoms with Crippen LogP contribution in [-0.4, -0.2) is 35.8 Å². The fraction of sp³-hybridized carbons (Fsp3) is 0.556. The normalized spacial score (nSPS) is 15.2. The van der Waals surface area contributed by atoms with Gasteiger partial charge in [-0.3, -0.25) is 9.59 Å². The van der Waals surface area contributed by atoms with Gasteiger partial charge in [0.1, 0.15) is 0 Å². The Hall–Kier alpha value is -1.84. The number of hydrogen-bond donors (Lipinski definition) is 1. The van der Waals surface area contributed by atoms with Crippen LogP contribution in [0.2, 0.25) is 0 Å². The first-order valence-corrected chi connectivity index (χ1v) is 8.23. The maximum Gasteiger partial charge on any atom is 0.251 e. The molecule has 1 fully saturated rings. The highest BCUT2D eigenvalue weighted by Crippen LogP contribution is 2.30. The van der Waals surface area contributed by atoms with Crippen molar-refractivity contribution in [2.24, 2.45) is 5.92 Å². The van der Waals surface area contributed by atoms with Gasteiger partial charge >= 0.3 is 0 Å². The van der Waals surface area contributed by atoms with Crippen LogP contribution < -0.4 is 5.32 Å². The summed E-state index contributed by atoms with van der Waals surface area (Å²) in [6.07, 6.45) is 3.83.